The van der Waals surface area contributed by atoms with Crippen LogP contribution in [0.15, 0.2) is 17.3 Å². The van der Waals surface area contributed by atoms with E-state index < -0.39 is 0 Å². The lowest BCUT2D eigenvalue weighted by molar-refractivity contribution is -0.116. The Hall–Kier alpha value is -1.99. The molecular formula is C18H22ClN3O3S. The van der Waals surface area contributed by atoms with Crippen LogP contribution in [0.1, 0.15) is 23.4 Å². The number of halogens is 1. The van der Waals surface area contributed by atoms with Crippen molar-refractivity contribution in [3.05, 3.63) is 34.1 Å². The van der Waals surface area contributed by atoms with Crippen molar-refractivity contribution in [2.24, 2.45) is 0 Å². The number of thioether (sulfide) groups is 1. The topological polar surface area (TPSA) is 73.3 Å². The zero-order chi connectivity index (χ0) is 19.3. The molecule has 0 aliphatic carbocycles. The fraction of sp³-hybridized carbons (Fsp3) is 0.389. The van der Waals surface area contributed by atoms with Crippen LogP contribution in [0.3, 0.4) is 0 Å². The normalized spacial score (nSPS) is 10.5. The van der Waals surface area contributed by atoms with Crippen LogP contribution in [0.4, 0.5) is 5.69 Å². The second kappa shape index (κ2) is 9.09. The molecule has 2 aromatic rings. The maximum atomic E-state index is 12.4. The van der Waals surface area contributed by atoms with Gasteiger partial charge in [-0.15, -0.1) is 0 Å². The monoisotopic (exact) mass is 395 g/mol. The number of benzene rings is 1. The molecule has 0 atom stereocenters. The van der Waals surface area contributed by atoms with E-state index in [0.717, 1.165) is 22.1 Å². The number of nitrogens with zero attached hydrogens (tertiary/aromatic N) is 2. The second-order valence-electron chi connectivity index (χ2n) is 5.59. The molecule has 0 aliphatic rings. The molecule has 0 saturated carbocycles. The molecule has 0 radical (unpaired) electrons. The second-order valence-corrected chi connectivity index (χ2v) is 6.78. The number of aryl methyl sites for hydroxylation is 2. The molecule has 0 saturated heterocycles. The van der Waals surface area contributed by atoms with Crippen molar-refractivity contribution in [1.29, 1.82) is 0 Å². The Balaban J connectivity index is 2.09. The van der Waals surface area contributed by atoms with Gasteiger partial charge in [0.25, 0.3) is 0 Å². The summed E-state index contributed by atoms with van der Waals surface area (Å²) in [6.45, 7) is 3.88. The molecule has 0 spiro atoms. The highest BCUT2D eigenvalue weighted by atomic mass is 35.5. The standard InChI is InChI=1S/C18H22ClN3O3S/c1-10-12(11(2)21-18(20-10)26-5)6-7-17(23)22-14-8-13(19)15(24-3)9-16(14)25-4/h8-9H,6-7H2,1-5H3,(H,22,23). The van der Waals surface area contributed by atoms with Gasteiger partial charge in [0.15, 0.2) is 5.16 Å². The van der Waals surface area contributed by atoms with Crippen molar-refractivity contribution in [3.63, 3.8) is 0 Å². The van der Waals surface area contributed by atoms with E-state index in [1.54, 1.807) is 12.1 Å². The van der Waals surface area contributed by atoms with Crippen molar-refractivity contribution >= 4 is 35.0 Å². The Morgan fingerprint density at radius 3 is 2.31 bits per heavy atom. The largest absolute Gasteiger partial charge is 0.495 e. The van der Waals surface area contributed by atoms with E-state index in [2.05, 4.69) is 15.3 Å². The van der Waals surface area contributed by atoms with Gasteiger partial charge in [0.1, 0.15) is 11.5 Å². The van der Waals surface area contributed by atoms with Crippen LogP contribution < -0.4 is 14.8 Å². The van der Waals surface area contributed by atoms with Gasteiger partial charge in [-0.05, 0) is 38.2 Å². The van der Waals surface area contributed by atoms with Gasteiger partial charge in [-0.25, -0.2) is 9.97 Å². The highest BCUT2D eigenvalue weighted by Crippen LogP contribution is 2.36. The molecule has 0 fully saturated rings. The number of methoxy groups -OCH3 is 2. The first kappa shape index (κ1) is 20.3. The average Bonchev–Trinajstić information content (AvgIpc) is 2.61. The highest BCUT2D eigenvalue weighted by molar-refractivity contribution is 7.98. The van der Waals surface area contributed by atoms with Gasteiger partial charge in [-0.3, -0.25) is 4.79 Å². The SMILES string of the molecule is COc1cc(OC)c(NC(=O)CCc2c(C)nc(SC)nc2C)cc1Cl. The number of amides is 1. The fourth-order valence-corrected chi connectivity index (χ4v) is 3.27. The van der Waals surface area contributed by atoms with Crippen LogP contribution >= 0.6 is 23.4 Å². The minimum Gasteiger partial charge on any atom is -0.495 e. The fourth-order valence-electron chi connectivity index (χ4n) is 2.57. The smallest absolute Gasteiger partial charge is 0.224 e. The van der Waals surface area contributed by atoms with Crippen LogP contribution in [-0.2, 0) is 11.2 Å². The zero-order valence-electron chi connectivity index (χ0n) is 15.5. The van der Waals surface area contributed by atoms with Gasteiger partial charge >= 0.3 is 0 Å². The van der Waals surface area contributed by atoms with E-state index in [-0.39, 0.29) is 5.91 Å². The summed E-state index contributed by atoms with van der Waals surface area (Å²) in [4.78, 5) is 21.3. The summed E-state index contributed by atoms with van der Waals surface area (Å²) >= 11 is 7.64. The summed E-state index contributed by atoms with van der Waals surface area (Å²) in [6, 6.07) is 3.26. The summed E-state index contributed by atoms with van der Waals surface area (Å²) in [7, 11) is 3.05. The van der Waals surface area contributed by atoms with Crippen LogP contribution in [0.5, 0.6) is 11.5 Å². The summed E-state index contributed by atoms with van der Waals surface area (Å²) in [5.41, 5.74) is 3.31. The van der Waals surface area contributed by atoms with Gasteiger partial charge in [0.2, 0.25) is 5.91 Å². The molecular weight excluding hydrogens is 374 g/mol. The number of carbonyl (C=O) groups is 1. The Bertz CT molecular complexity index is 792. The van der Waals surface area contributed by atoms with Gasteiger partial charge in [0.05, 0.1) is 24.9 Å². The molecule has 1 heterocycles. The number of nitrogens with one attached hydrogen (secondary N) is 1. The number of hydrogen-bond donors (Lipinski definition) is 1. The number of rotatable bonds is 7. The third kappa shape index (κ3) is 4.80. The van der Waals surface area contributed by atoms with E-state index in [4.69, 9.17) is 21.1 Å². The number of aromatic nitrogens is 2. The van der Waals surface area contributed by atoms with Crippen LogP contribution in [0.2, 0.25) is 5.02 Å². The van der Waals surface area contributed by atoms with Crippen molar-refractivity contribution in [3.8, 4) is 11.5 Å². The van der Waals surface area contributed by atoms with Crippen molar-refractivity contribution in [2.75, 3.05) is 25.8 Å². The van der Waals surface area contributed by atoms with Gasteiger partial charge in [0, 0.05) is 23.9 Å². The number of hydrogen-bond acceptors (Lipinski definition) is 6. The first-order chi connectivity index (χ1) is 12.4. The minimum atomic E-state index is -0.141. The molecule has 140 valence electrons. The minimum absolute atomic E-state index is 0.141. The third-order valence-electron chi connectivity index (χ3n) is 3.93. The summed E-state index contributed by atoms with van der Waals surface area (Å²) in [6.07, 6.45) is 2.80. The molecule has 1 N–H and O–H groups in total. The summed E-state index contributed by atoms with van der Waals surface area (Å²) in [5, 5.41) is 3.98. The quantitative estimate of drug-likeness (QED) is 0.563. The molecule has 6 nitrogen and oxygen atoms in total. The Kier molecular flexibility index (Phi) is 7.11. The van der Waals surface area contributed by atoms with Crippen LogP contribution in [-0.4, -0.2) is 36.4 Å². The third-order valence-corrected chi connectivity index (χ3v) is 4.78. The predicted octanol–water partition coefficient (Wildman–Crippen LogP) is 4.06. The lowest BCUT2D eigenvalue weighted by Crippen LogP contribution is -2.14. The van der Waals surface area contributed by atoms with E-state index in [9.17, 15) is 4.79 Å². The first-order valence-corrected chi connectivity index (χ1v) is 9.59. The summed E-state index contributed by atoms with van der Waals surface area (Å²) in [5.74, 6) is 0.829. The molecule has 1 amide bonds. The van der Waals surface area contributed by atoms with Crippen LogP contribution in [0.25, 0.3) is 0 Å². The van der Waals surface area contributed by atoms with Crippen molar-refractivity contribution in [1.82, 2.24) is 9.97 Å². The zero-order valence-corrected chi connectivity index (χ0v) is 17.0. The summed E-state index contributed by atoms with van der Waals surface area (Å²) < 4.78 is 10.5. The lowest BCUT2D eigenvalue weighted by Gasteiger charge is -2.14. The van der Waals surface area contributed by atoms with Gasteiger partial charge in [-0.1, -0.05) is 23.4 Å². The molecule has 0 aliphatic heterocycles. The Morgan fingerprint density at radius 2 is 1.77 bits per heavy atom. The van der Waals surface area contributed by atoms with Crippen LogP contribution in [0, 0.1) is 13.8 Å². The lowest BCUT2D eigenvalue weighted by atomic mass is 10.1. The Labute approximate surface area is 162 Å². The maximum absolute atomic E-state index is 12.4. The van der Waals surface area contributed by atoms with E-state index in [0.29, 0.717) is 35.1 Å². The number of carbonyl (C=O) groups excluding carboxylic acids is 1. The highest BCUT2D eigenvalue weighted by Gasteiger charge is 2.14. The molecule has 1 aromatic carbocycles. The molecule has 0 unspecified atom stereocenters. The molecule has 1 aromatic heterocycles. The maximum Gasteiger partial charge on any atom is 0.224 e. The van der Waals surface area contributed by atoms with E-state index in [1.165, 1.54) is 26.0 Å². The first-order valence-electron chi connectivity index (χ1n) is 7.99. The average molecular weight is 396 g/mol. The number of ether oxygens (including phenoxy) is 2. The van der Waals surface area contributed by atoms with E-state index in [1.807, 2.05) is 20.1 Å². The Morgan fingerprint density at radius 1 is 1.15 bits per heavy atom. The van der Waals surface area contributed by atoms with Crippen molar-refractivity contribution in [2.45, 2.75) is 31.8 Å². The molecule has 2 rings (SSSR count). The molecule has 0 bridgehead atoms. The molecule has 26 heavy (non-hydrogen) atoms. The predicted molar refractivity (Wildman–Crippen MR) is 105 cm³/mol. The van der Waals surface area contributed by atoms with Gasteiger partial charge in [-0.2, -0.15) is 0 Å². The van der Waals surface area contributed by atoms with Gasteiger partial charge < -0.3 is 14.8 Å². The number of anilines is 1. The van der Waals surface area contributed by atoms with Crippen molar-refractivity contribution < 1.29 is 14.3 Å². The van der Waals surface area contributed by atoms with E-state index >= 15 is 0 Å². The molecule has 8 heteroatoms.